The number of hydrogen-bond acceptors (Lipinski definition) is 4. The van der Waals surface area contributed by atoms with Crippen LogP contribution in [0.25, 0.3) is 0 Å². The fourth-order valence-corrected chi connectivity index (χ4v) is 2.90. The minimum atomic E-state index is -0.816. The Balaban J connectivity index is 2.20. The van der Waals surface area contributed by atoms with Crippen LogP contribution in [0.2, 0.25) is 0 Å². The van der Waals surface area contributed by atoms with Gasteiger partial charge < -0.3 is 10.0 Å². The number of likely N-dealkylation sites (tertiary alicyclic amines) is 1. The fraction of sp³-hybridized carbons (Fsp3) is 0.600. The number of amides is 1. The van der Waals surface area contributed by atoms with Crippen LogP contribution >= 0.6 is 0 Å². The molecule has 1 fully saturated rings. The number of carbonyl (C=O) groups is 2. The molecule has 6 heteroatoms. The molecule has 0 radical (unpaired) electrons. The van der Waals surface area contributed by atoms with Crippen molar-refractivity contribution in [1.29, 1.82) is 0 Å². The summed E-state index contributed by atoms with van der Waals surface area (Å²) in [6.07, 6.45) is 4.92. The summed E-state index contributed by atoms with van der Waals surface area (Å²) in [6, 6.07) is 0.00126. The van der Waals surface area contributed by atoms with Crippen LogP contribution in [0, 0.1) is 13.8 Å². The Morgan fingerprint density at radius 1 is 1.29 bits per heavy atom. The lowest BCUT2D eigenvalue weighted by Crippen LogP contribution is -2.44. The molecule has 0 bridgehead atoms. The summed E-state index contributed by atoms with van der Waals surface area (Å²) in [5.41, 5.74) is 1.91. The highest BCUT2D eigenvalue weighted by Gasteiger charge is 2.29. The van der Waals surface area contributed by atoms with Crippen LogP contribution < -0.4 is 0 Å². The predicted octanol–water partition coefficient (Wildman–Crippen LogP) is 1.95. The van der Waals surface area contributed by atoms with Gasteiger partial charge in [0, 0.05) is 19.0 Å². The standard InChI is InChI=1S/C15H21N3O3/c1-10-14(11(2)17-9-16-10)15(21)18-8-4-3-5-12(18)6-7-13(19)20/h9,12H,3-8H2,1-2H3,(H,19,20)/t12-/m0/s1. The zero-order chi connectivity index (χ0) is 15.4. The Morgan fingerprint density at radius 3 is 2.57 bits per heavy atom. The maximum absolute atomic E-state index is 12.8. The third kappa shape index (κ3) is 3.56. The second-order valence-corrected chi connectivity index (χ2v) is 5.50. The average molecular weight is 291 g/mol. The number of carbonyl (C=O) groups excluding carboxylic acids is 1. The number of aryl methyl sites for hydroxylation is 2. The molecule has 1 aliphatic heterocycles. The van der Waals surface area contributed by atoms with E-state index in [-0.39, 0.29) is 18.4 Å². The monoisotopic (exact) mass is 291 g/mol. The van der Waals surface area contributed by atoms with Crippen LogP contribution in [-0.4, -0.2) is 44.4 Å². The SMILES string of the molecule is Cc1ncnc(C)c1C(=O)N1CCCC[C@H]1CCC(=O)O. The highest BCUT2D eigenvalue weighted by atomic mass is 16.4. The molecular weight excluding hydrogens is 270 g/mol. The number of piperidine rings is 1. The van der Waals surface area contributed by atoms with E-state index in [0.29, 0.717) is 29.9 Å². The van der Waals surface area contributed by atoms with Gasteiger partial charge in [-0.05, 0) is 39.5 Å². The first kappa shape index (κ1) is 15.4. The maximum Gasteiger partial charge on any atom is 0.303 e. The smallest absolute Gasteiger partial charge is 0.303 e. The Morgan fingerprint density at radius 2 is 1.95 bits per heavy atom. The summed E-state index contributed by atoms with van der Waals surface area (Å²) >= 11 is 0. The molecule has 0 aromatic carbocycles. The van der Waals surface area contributed by atoms with Crippen LogP contribution in [0.1, 0.15) is 53.8 Å². The first-order valence-corrected chi connectivity index (χ1v) is 7.31. The van der Waals surface area contributed by atoms with Crippen molar-refractivity contribution in [3.8, 4) is 0 Å². The fourth-order valence-electron chi connectivity index (χ4n) is 2.90. The molecule has 2 heterocycles. The molecule has 6 nitrogen and oxygen atoms in total. The van der Waals surface area contributed by atoms with E-state index in [2.05, 4.69) is 9.97 Å². The first-order valence-electron chi connectivity index (χ1n) is 7.31. The Labute approximate surface area is 124 Å². The van der Waals surface area contributed by atoms with Gasteiger partial charge >= 0.3 is 5.97 Å². The van der Waals surface area contributed by atoms with Gasteiger partial charge in [-0.3, -0.25) is 9.59 Å². The van der Waals surface area contributed by atoms with Crippen molar-refractivity contribution in [2.45, 2.75) is 52.0 Å². The van der Waals surface area contributed by atoms with E-state index in [4.69, 9.17) is 5.11 Å². The second-order valence-electron chi connectivity index (χ2n) is 5.50. The normalized spacial score (nSPS) is 18.6. The van der Waals surface area contributed by atoms with E-state index in [1.807, 2.05) is 4.90 Å². The van der Waals surface area contributed by atoms with E-state index in [1.54, 1.807) is 13.8 Å². The number of aromatic nitrogens is 2. The number of rotatable bonds is 4. The largest absolute Gasteiger partial charge is 0.481 e. The summed E-state index contributed by atoms with van der Waals surface area (Å²) in [6.45, 7) is 4.28. The second kappa shape index (κ2) is 6.65. The zero-order valence-corrected chi connectivity index (χ0v) is 12.5. The molecule has 0 spiro atoms. The van der Waals surface area contributed by atoms with Gasteiger partial charge in [0.2, 0.25) is 0 Å². The Bertz CT molecular complexity index is 525. The number of aliphatic carboxylic acids is 1. The van der Waals surface area contributed by atoms with E-state index in [0.717, 1.165) is 19.3 Å². The molecule has 0 saturated carbocycles. The molecule has 1 aliphatic rings. The van der Waals surface area contributed by atoms with Crippen molar-refractivity contribution >= 4 is 11.9 Å². The lowest BCUT2D eigenvalue weighted by atomic mass is 9.96. The van der Waals surface area contributed by atoms with Gasteiger partial charge in [0.15, 0.2) is 0 Å². The minimum absolute atomic E-state index is 0.00126. The molecular formula is C15H21N3O3. The van der Waals surface area contributed by atoms with Crippen LogP contribution in [0.15, 0.2) is 6.33 Å². The van der Waals surface area contributed by atoms with Gasteiger partial charge in [-0.1, -0.05) is 0 Å². The van der Waals surface area contributed by atoms with Gasteiger partial charge in [0.05, 0.1) is 17.0 Å². The number of nitrogens with zero attached hydrogens (tertiary/aromatic N) is 3. The van der Waals surface area contributed by atoms with Gasteiger partial charge in [-0.2, -0.15) is 0 Å². The van der Waals surface area contributed by atoms with Crippen molar-refractivity contribution in [3.63, 3.8) is 0 Å². The molecule has 0 unspecified atom stereocenters. The van der Waals surface area contributed by atoms with Gasteiger partial charge in [-0.15, -0.1) is 0 Å². The molecule has 1 atom stereocenters. The van der Waals surface area contributed by atoms with Crippen LogP contribution in [0.5, 0.6) is 0 Å². The van der Waals surface area contributed by atoms with E-state index in [1.165, 1.54) is 6.33 Å². The van der Waals surface area contributed by atoms with E-state index < -0.39 is 5.97 Å². The van der Waals surface area contributed by atoms with Crippen molar-refractivity contribution in [3.05, 3.63) is 23.3 Å². The van der Waals surface area contributed by atoms with Crippen LogP contribution in [0.3, 0.4) is 0 Å². The number of hydrogen-bond donors (Lipinski definition) is 1. The molecule has 0 aliphatic carbocycles. The van der Waals surface area contributed by atoms with Gasteiger partial charge in [-0.25, -0.2) is 9.97 Å². The summed E-state index contributed by atoms with van der Waals surface area (Å²) < 4.78 is 0. The minimum Gasteiger partial charge on any atom is -0.481 e. The molecule has 1 aromatic heterocycles. The first-order chi connectivity index (χ1) is 10.0. The Kier molecular flexibility index (Phi) is 4.88. The maximum atomic E-state index is 12.8. The van der Waals surface area contributed by atoms with Gasteiger partial charge in [0.1, 0.15) is 6.33 Å². The number of carboxylic acids is 1. The lowest BCUT2D eigenvalue weighted by Gasteiger charge is -2.36. The average Bonchev–Trinajstić information content (AvgIpc) is 2.45. The van der Waals surface area contributed by atoms with Crippen LogP contribution in [0.4, 0.5) is 0 Å². The molecule has 21 heavy (non-hydrogen) atoms. The molecule has 2 rings (SSSR count). The third-order valence-electron chi connectivity index (χ3n) is 4.02. The highest BCUT2D eigenvalue weighted by molar-refractivity contribution is 5.96. The molecule has 1 N–H and O–H groups in total. The quantitative estimate of drug-likeness (QED) is 0.916. The Hall–Kier alpha value is -1.98. The molecule has 1 amide bonds. The summed E-state index contributed by atoms with van der Waals surface area (Å²) in [5, 5.41) is 8.85. The molecule has 1 aromatic rings. The lowest BCUT2D eigenvalue weighted by molar-refractivity contribution is -0.137. The molecule has 114 valence electrons. The number of carboxylic acid groups (broad SMARTS) is 1. The third-order valence-corrected chi connectivity index (χ3v) is 4.02. The zero-order valence-electron chi connectivity index (χ0n) is 12.5. The molecule has 1 saturated heterocycles. The van der Waals surface area contributed by atoms with Crippen molar-refractivity contribution < 1.29 is 14.7 Å². The van der Waals surface area contributed by atoms with Crippen molar-refractivity contribution in [2.75, 3.05) is 6.54 Å². The van der Waals surface area contributed by atoms with E-state index in [9.17, 15) is 9.59 Å². The van der Waals surface area contributed by atoms with Crippen molar-refractivity contribution in [1.82, 2.24) is 14.9 Å². The van der Waals surface area contributed by atoms with E-state index >= 15 is 0 Å². The van der Waals surface area contributed by atoms with Crippen molar-refractivity contribution in [2.24, 2.45) is 0 Å². The summed E-state index contributed by atoms with van der Waals surface area (Å²) in [4.78, 5) is 33.6. The van der Waals surface area contributed by atoms with Crippen LogP contribution in [-0.2, 0) is 4.79 Å². The predicted molar refractivity (Wildman–Crippen MR) is 77.1 cm³/mol. The van der Waals surface area contributed by atoms with Gasteiger partial charge in [0.25, 0.3) is 5.91 Å². The highest BCUT2D eigenvalue weighted by Crippen LogP contribution is 2.24. The topological polar surface area (TPSA) is 83.4 Å². The summed E-state index contributed by atoms with van der Waals surface area (Å²) in [5.74, 6) is -0.885. The summed E-state index contributed by atoms with van der Waals surface area (Å²) in [7, 11) is 0.